The van der Waals surface area contributed by atoms with Crippen molar-refractivity contribution in [2.75, 3.05) is 0 Å². The average Bonchev–Trinajstić information content (AvgIpc) is 2.65. The van der Waals surface area contributed by atoms with Crippen molar-refractivity contribution in [2.45, 2.75) is 6.92 Å². The summed E-state index contributed by atoms with van der Waals surface area (Å²) in [5.74, 6) is -0.206. The number of carbonyl (C=O) groups is 1. The monoisotopic (exact) mass is 221 g/mol. The summed E-state index contributed by atoms with van der Waals surface area (Å²) in [5, 5.41) is 10.6. The lowest BCUT2D eigenvalue weighted by Crippen LogP contribution is -1.99. The van der Waals surface area contributed by atoms with Crippen molar-refractivity contribution in [1.29, 1.82) is 0 Å². The first-order chi connectivity index (χ1) is 7.15. The molecule has 0 spiro atoms. The van der Waals surface area contributed by atoms with Crippen LogP contribution in [0.15, 0.2) is 18.7 Å². The maximum Gasteiger partial charge on any atom is 0.187 e. The Balaban J connectivity index is 2.83. The van der Waals surface area contributed by atoms with Crippen LogP contribution >= 0.6 is 11.6 Å². The first-order valence-electron chi connectivity index (χ1n) is 4.31. The number of nitrogens with zero attached hydrogens (tertiary/aromatic N) is 2. The molecule has 2 rings (SSSR count). The lowest BCUT2D eigenvalue weighted by Gasteiger charge is -2.04. The number of fused-ring (bicyclic) bond motifs is 1. The lowest BCUT2D eigenvalue weighted by molar-refractivity contribution is 0.104. The van der Waals surface area contributed by atoms with Gasteiger partial charge in [0.1, 0.15) is 11.0 Å². The minimum atomic E-state index is -0.206. The van der Waals surface area contributed by atoms with Crippen molar-refractivity contribution >= 4 is 28.4 Å². The van der Waals surface area contributed by atoms with Crippen LogP contribution in [0.3, 0.4) is 0 Å². The van der Waals surface area contributed by atoms with Gasteiger partial charge in [0, 0.05) is 5.56 Å². The van der Waals surface area contributed by atoms with Gasteiger partial charge in [0.05, 0.1) is 5.02 Å². The third-order valence-corrected chi connectivity index (χ3v) is 2.55. The van der Waals surface area contributed by atoms with E-state index in [1.165, 1.54) is 6.08 Å². The number of nitrogens with one attached hydrogen (secondary N) is 1. The molecule has 0 radical (unpaired) electrons. The minimum Gasteiger partial charge on any atom is -0.289 e. The number of benzene rings is 1. The Hall–Kier alpha value is -1.68. The molecule has 0 unspecified atom stereocenters. The Morgan fingerprint density at radius 3 is 3.00 bits per heavy atom. The van der Waals surface area contributed by atoms with E-state index in [0.29, 0.717) is 21.6 Å². The van der Waals surface area contributed by atoms with Crippen molar-refractivity contribution in [3.05, 3.63) is 34.9 Å². The molecule has 0 saturated heterocycles. The summed E-state index contributed by atoms with van der Waals surface area (Å²) < 4.78 is 0. The predicted molar refractivity (Wildman–Crippen MR) is 58.2 cm³/mol. The SMILES string of the molecule is C=CC(=O)c1c(C)cc2n[nH]nc2c1Cl. The smallest absolute Gasteiger partial charge is 0.187 e. The molecular formula is C10H8ClN3O. The second-order valence-electron chi connectivity index (χ2n) is 3.14. The molecule has 2 aromatic rings. The maximum atomic E-state index is 11.6. The van der Waals surface area contributed by atoms with Gasteiger partial charge in [-0.05, 0) is 24.6 Å². The summed E-state index contributed by atoms with van der Waals surface area (Å²) in [7, 11) is 0. The highest BCUT2D eigenvalue weighted by molar-refractivity contribution is 6.39. The molecule has 4 nitrogen and oxygen atoms in total. The molecule has 1 aromatic heterocycles. The minimum absolute atomic E-state index is 0.206. The van der Waals surface area contributed by atoms with Crippen molar-refractivity contribution in [2.24, 2.45) is 0 Å². The van der Waals surface area contributed by atoms with Gasteiger partial charge >= 0.3 is 0 Å². The number of hydrogen-bond donors (Lipinski definition) is 1. The summed E-state index contributed by atoms with van der Waals surface area (Å²) >= 11 is 6.07. The molecule has 1 heterocycles. The van der Waals surface area contributed by atoms with E-state index in [1.807, 2.05) is 0 Å². The molecule has 0 amide bonds. The molecule has 1 N–H and O–H groups in total. The number of aryl methyl sites for hydroxylation is 1. The molecule has 0 atom stereocenters. The lowest BCUT2D eigenvalue weighted by atomic mass is 10.0. The van der Waals surface area contributed by atoms with Crippen LogP contribution in [0.2, 0.25) is 5.02 Å². The van der Waals surface area contributed by atoms with Gasteiger partial charge in [-0.3, -0.25) is 4.79 Å². The summed E-state index contributed by atoms with van der Waals surface area (Å²) in [5.41, 5.74) is 2.37. The molecule has 0 saturated carbocycles. The fraction of sp³-hybridized carbons (Fsp3) is 0.100. The standard InChI is InChI=1S/C10H8ClN3O/c1-3-7(15)8-5(2)4-6-10(9(8)11)13-14-12-6/h3-4H,1H2,2H3,(H,12,13,14). The van der Waals surface area contributed by atoms with Gasteiger partial charge in [-0.2, -0.15) is 15.4 Å². The van der Waals surface area contributed by atoms with Crippen LogP contribution in [0.4, 0.5) is 0 Å². The number of aromatic nitrogens is 3. The fourth-order valence-electron chi connectivity index (χ4n) is 1.47. The molecule has 0 aliphatic heterocycles. The number of aromatic amines is 1. The zero-order valence-corrected chi connectivity index (χ0v) is 8.80. The quantitative estimate of drug-likeness (QED) is 0.625. The zero-order valence-electron chi connectivity index (χ0n) is 8.04. The topological polar surface area (TPSA) is 58.6 Å². The highest BCUT2D eigenvalue weighted by Gasteiger charge is 2.16. The summed E-state index contributed by atoms with van der Waals surface area (Å²) in [6, 6.07) is 1.77. The van der Waals surface area contributed by atoms with Crippen molar-refractivity contribution < 1.29 is 4.79 Å². The van der Waals surface area contributed by atoms with Gasteiger partial charge in [-0.25, -0.2) is 0 Å². The van der Waals surface area contributed by atoms with Crippen molar-refractivity contribution in [3.8, 4) is 0 Å². The fourth-order valence-corrected chi connectivity index (χ4v) is 1.86. The highest BCUT2D eigenvalue weighted by atomic mass is 35.5. The second-order valence-corrected chi connectivity index (χ2v) is 3.52. The Kier molecular flexibility index (Phi) is 2.28. The van der Waals surface area contributed by atoms with E-state index in [9.17, 15) is 4.79 Å². The molecule has 5 heteroatoms. The van der Waals surface area contributed by atoms with Gasteiger partial charge < -0.3 is 0 Å². The predicted octanol–water partition coefficient (Wildman–Crippen LogP) is 2.29. The molecule has 15 heavy (non-hydrogen) atoms. The number of allylic oxidation sites excluding steroid dienone is 1. The van der Waals surface area contributed by atoms with E-state index >= 15 is 0 Å². The summed E-state index contributed by atoms with van der Waals surface area (Å²) in [6.45, 7) is 5.24. The van der Waals surface area contributed by atoms with E-state index in [0.717, 1.165) is 5.56 Å². The zero-order chi connectivity index (χ0) is 11.0. The van der Waals surface area contributed by atoms with Crippen molar-refractivity contribution in [1.82, 2.24) is 15.4 Å². The summed E-state index contributed by atoms with van der Waals surface area (Å²) in [4.78, 5) is 11.6. The Labute approximate surface area is 90.9 Å². The van der Waals surface area contributed by atoms with Crippen LogP contribution in [0.5, 0.6) is 0 Å². The normalized spacial score (nSPS) is 10.5. The third-order valence-electron chi connectivity index (χ3n) is 2.18. The number of carbonyl (C=O) groups excluding carboxylic acids is 1. The van der Waals surface area contributed by atoms with Gasteiger partial charge in [-0.1, -0.05) is 18.2 Å². The Bertz CT molecular complexity index is 559. The molecule has 76 valence electrons. The van der Waals surface area contributed by atoms with E-state index in [-0.39, 0.29) is 5.78 Å². The number of rotatable bonds is 2. The van der Waals surface area contributed by atoms with E-state index < -0.39 is 0 Å². The van der Waals surface area contributed by atoms with E-state index in [1.54, 1.807) is 13.0 Å². The second kappa shape index (κ2) is 3.47. The number of H-pyrrole nitrogens is 1. The Morgan fingerprint density at radius 2 is 2.33 bits per heavy atom. The Morgan fingerprint density at radius 1 is 1.60 bits per heavy atom. The number of halogens is 1. The molecule has 0 fully saturated rings. The molecular weight excluding hydrogens is 214 g/mol. The van der Waals surface area contributed by atoms with Gasteiger partial charge in [0.25, 0.3) is 0 Å². The van der Waals surface area contributed by atoms with Gasteiger partial charge in [0.15, 0.2) is 5.78 Å². The van der Waals surface area contributed by atoms with Crippen molar-refractivity contribution in [3.63, 3.8) is 0 Å². The first kappa shape index (κ1) is 9.86. The van der Waals surface area contributed by atoms with Crippen LogP contribution < -0.4 is 0 Å². The van der Waals surface area contributed by atoms with Crippen LogP contribution in [-0.2, 0) is 0 Å². The first-order valence-corrected chi connectivity index (χ1v) is 4.69. The van der Waals surface area contributed by atoms with Crippen LogP contribution in [-0.4, -0.2) is 21.2 Å². The van der Waals surface area contributed by atoms with E-state index in [4.69, 9.17) is 11.6 Å². The maximum absolute atomic E-state index is 11.6. The molecule has 0 aliphatic rings. The largest absolute Gasteiger partial charge is 0.289 e. The van der Waals surface area contributed by atoms with Gasteiger partial charge in [-0.15, -0.1) is 0 Å². The van der Waals surface area contributed by atoms with Crippen LogP contribution in [0, 0.1) is 6.92 Å². The third kappa shape index (κ3) is 1.43. The molecule has 0 bridgehead atoms. The van der Waals surface area contributed by atoms with Gasteiger partial charge in [0.2, 0.25) is 0 Å². The molecule has 1 aromatic carbocycles. The summed E-state index contributed by atoms with van der Waals surface area (Å²) in [6.07, 6.45) is 1.24. The number of hydrogen-bond acceptors (Lipinski definition) is 3. The van der Waals surface area contributed by atoms with Crippen LogP contribution in [0.25, 0.3) is 11.0 Å². The van der Waals surface area contributed by atoms with E-state index in [2.05, 4.69) is 22.0 Å². The number of ketones is 1. The highest BCUT2D eigenvalue weighted by Crippen LogP contribution is 2.27. The average molecular weight is 222 g/mol. The van der Waals surface area contributed by atoms with Crippen LogP contribution in [0.1, 0.15) is 15.9 Å². The molecule has 0 aliphatic carbocycles.